The molecule has 0 spiro atoms. The molecule has 0 aromatic rings. The maximum absolute atomic E-state index is 12.8. The molecule has 0 radical (unpaired) electrons. The Morgan fingerprint density at radius 2 is 1.29 bits per heavy atom. The zero-order valence-corrected chi connectivity index (χ0v) is 32.5. The molecule has 0 aromatic carbocycles. The van der Waals surface area contributed by atoms with Crippen molar-refractivity contribution in [3.63, 3.8) is 0 Å². The van der Waals surface area contributed by atoms with Gasteiger partial charge in [0, 0.05) is 12.8 Å². The second kappa shape index (κ2) is 20.2. The van der Waals surface area contributed by atoms with Crippen molar-refractivity contribution in [1.29, 1.82) is 0 Å². The van der Waals surface area contributed by atoms with E-state index >= 15 is 0 Å². The minimum atomic E-state index is -0.709. The molecule has 10 unspecified atom stereocenters. The summed E-state index contributed by atoms with van der Waals surface area (Å²) in [4.78, 5) is 24.1. The SMILES string of the molecule is CCCCCCCCCCCCCCCCCCCC(=O)OC1CCC2(C)C(CCC3C2CC(O)C2(C)C(C(C)CCC(=O)O)CCC32)C1. The standard InChI is InChI=1S/C44H78O5/c1-5-6-7-8-9-10-11-12-13-14-15-16-17-18-19-20-21-22-42(48)49-35-29-30-43(3)34(31-35)24-25-36-38-27-26-37(33(2)23-28-41(46)47)44(38,4)40(45)32-39(36)43/h33-40,45H,5-32H2,1-4H3,(H,46,47). The number of unbranched alkanes of at least 4 members (excludes halogenated alkanes) is 16. The van der Waals surface area contributed by atoms with Crippen LogP contribution in [0.15, 0.2) is 0 Å². The molecule has 0 bridgehead atoms. The second-order valence-electron chi connectivity index (χ2n) is 18.2. The van der Waals surface area contributed by atoms with Crippen molar-refractivity contribution in [1.82, 2.24) is 0 Å². The number of hydrogen-bond donors (Lipinski definition) is 2. The van der Waals surface area contributed by atoms with Gasteiger partial charge < -0.3 is 14.9 Å². The maximum Gasteiger partial charge on any atom is 0.306 e. The molecule has 2 N–H and O–H groups in total. The van der Waals surface area contributed by atoms with Gasteiger partial charge in [0.15, 0.2) is 0 Å². The predicted octanol–water partition coefficient (Wildman–Crippen LogP) is 12.1. The van der Waals surface area contributed by atoms with Gasteiger partial charge in [-0.05, 0) is 111 Å². The van der Waals surface area contributed by atoms with Gasteiger partial charge in [0.05, 0.1) is 6.10 Å². The van der Waals surface area contributed by atoms with Crippen LogP contribution in [-0.2, 0) is 14.3 Å². The van der Waals surface area contributed by atoms with E-state index in [1.807, 2.05) is 0 Å². The number of aliphatic hydroxyl groups excluding tert-OH is 1. The van der Waals surface area contributed by atoms with E-state index in [1.54, 1.807) is 0 Å². The monoisotopic (exact) mass is 687 g/mol. The largest absolute Gasteiger partial charge is 0.481 e. The Balaban J connectivity index is 1.07. The third kappa shape index (κ3) is 11.0. The van der Waals surface area contributed by atoms with Crippen molar-refractivity contribution >= 4 is 11.9 Å². The van der Waals surface area contributed by atoms with Crippen LogP contribution >= 0.6 is 0 Å². The zero-order chi connectivity index (χ0) is 35.3. The molecule has 284 valence electrons. The number of aliphatic carboxylic acids is 1. The number of esters is 1. The highest BCUT2D eigenvalue weighted by Gasteiger charge is 2.63. The van der Waals surface area contributed by atoms with Crippen molar-refractivity contribution < 1.29 is 24.5 Å². The molecule has 0 amide bonds. The van der Waals surface area contributed by atoms with Gasteiger partial charge in [0.25, 0.3) is 0 Å². The number of hydrogen-bond acceptors (Lipinski definition) is 4. The number of carbonyl (C=O) groups is 2. The van der Waals surface area contributed by atoms with Crippen LogP contribution in [0.25, 0.3) is 0 Å². The van der Waals surface area contributed by atoms with Crippen molar-refractivity contribution in [2.75, 3.05) is 0 Å². The first-order valence-electron chi connectivity index (χ1n) is 21.7. The summed E-state index contributed by atoms with van der Waals surface area (Å²) in [6.07, 6.45) is 32.9. The highest BCUT2D eigenvalue weighted by molar-refractivity contribution is 5.69. The first-order chi connectivity index (χ1) is 23.6. The summed E-state index contributed by atoms with van der Waals surface area (Å²) in [6.45, 7) is 9.36. The first-order valence-corrected chi connectivity index (χ1v) is 21.7. The van der Waals surface area contributed by atoms with Gasteiger partial charge in [-0.15, -0.1) is 0 Å². The number of fused-ring (bicyclic) bond motifs is 5. The Hall–Kier alpha value is -1.10. The summed E-state index contributed by atoms with van der Waals surface area (Å²) in [7, 11) is 0. The van der Waals surface area contributed by atoms with Crippen LogP contribution < -0.4 is 0 Å². The lowest BCUT2D eigenvalue weighted by atomic mass is 9.43. The van der Waals surface area contributed by atoms with Crippen molar-refractivity contribution in [3.05, 3.63) is 0 Å². The number of carboxylic acid groups (broad SMARTS) is 1. The summed E-state index contributed by atoms with van der Waals surface area (Å²) in [5.74, 6) is 2.36. The fourth-order valence-corrected chi connectivity index (χ4v) is 12.0. The van der Waals surface area contributed by atoms with Gasteiger partial charge in [0.1, 0.15) is 6.10 Å². The van der Waals surface area contributed by atoms with E-state index in [9.17, 15) is 19.8 Å². The molecule has 5 heteroatoms. The van der Waals surface area contributed by atoms with Crippen LogP contribution in [-0.4, -0.2) is 34.4 Å². The number of rotatable bonds is 23. The summed E-state index contributed by atoms with van der Waals surface area (Å²) >= 11 is 0. The predicted molar refractivity (Wildman–Crippen MR) is 201 cm³/mol. The van der Waals surface area contributed by atoms with Crippen LogP contribution in [0.5, 0.6) is 0 Å². The normalized spacial score (nSPS) is 34.5. The first kappa shape index (κ1) is 40.7. The molecule has 4 aliphatic rings. The number of ether oxygens (including phenoxy) is 1. The molecule has 49 heavy (non-hydrogen) atoms. The second-order valence-corrected chi connectivity index (χ2v) is 18.2. The Labute approximate surface area is 301 Å². The lowest BCUT2D eigenvalue weighted by Gasteiger charge is -2.62. The van der Waals surface area contributed by atoms with Crippen LogP contribution in [0.1, 0.15) is 207 Å². The number of carbonyl (C=O) groups excluding carboxylic acids is 1. The highest BCUT2D eigenvalue weighted by atomic mass is 16.5. The molecule has 10 atom stereocenters. The van der Waals surface area contributed by atoms with E-state index in [2.05, 4.69) is 27.7 Å². The van der Waals surface area contributed by atoms with Crippen LogP contribution in [0.3, 0.4) is 0 Å². The van der Waals surface area contributed by atoms with E-state index in [0.29, 0.717) is 48.3 Å². The number of aliphatic hydroxyl groups is 1. The molecular weight excluding hydrogens is 608 g/mol. The molecule has 4 rings (SSSR count). The molecule has 0 aliphatic heterocycles. The minimum absolute atomic E-state index is 0.0149. The lowest BCUT2D eigenvalue weighted by molar-refractivity contribution is -0.181. The number of carboxylic acids is 1. The Morgan fingerprint density at radius 1 is 0.714 bits per heavy atom. The molecule has 0 aromatic heterocycles. The van der Waals surface area contributed by atoms with Crippen LogP contribution in [0.2, 0.25) is 0 Å². The fraction of sp³-hybridized carbons (Fsp3) is 0.955. The third-order valence-electron chi connectivity index (χ3n) is 15.1. The van der Waals surface area contributed by atoms with Gasteiger partial charge in [-0.1, -0.05) is 130 Å². The molecule has 5 nitrogen and oxygen atoms in total. The fourth-order valence-electron chi connectivity index (χ4n) is 12.0. The van der Waals surface area contributed by atoms with Crippen LogP contribution in [0.4, 0.5) is 0 Å². The van der Waals surface area contributed by atoms with Gasteiger partial charge in [-0.25, -0.2) is 0 Å². The molecular formula is C44H78O5. The minimum Gasteiger partial charge on any atom is -0.481 e. The van der Waals surface area contributed by atoms with E-state index in [0.717, 1.165) is 44.9 Å². The average Bonchev–Trinajstić information content (AvgIpc) is 3.44. The van der Waals surface area contributed by atoms with E-state index in [-0.39, 0.29) is 35.4 Å². The van der Waals surface area contributed by atoms with E-state index in [4.69, 9.17) is 4.74 Å². The Kier molecular flexibility index (Phi) is 16.8. The molecule has 4 fully saturated rings. The smallest absolute Gasteiger partial charge is 0.306 e. The average molecular weight is 687 g/mol. The molecule has 0 heterocycles. The van der Waals surface area contributed by atoms with Crippen molar-refractivity contribution in [2.45, 2.75) is 220 Å². The van der Waals surface area contributed by atoms with Gasteiger partial charge in [-0.2, -0.15) is 0 Å². The third-order valence-corrected chi connectivity index (χ3v) is 15.1. The van der Waals surface area contributed by atoms with Crippen molar-refractivity contribution in [2.24, 2.45) is 46.3 Å². The van der Waals surface area contributed by atoms with Crippen LogP contribution in [0, 0.1) is 46.3 Å². The summed E-state index contributed by atoms with van der Waals surface area (Å²) in [5.41, 5.74) is 0.121. The Morgan fingerprint density at radius 3 is 1.86 bits per heavy atom. The maximum atomic E-state index is 12.8. The van der Waals surface area contributed by atoms with Gasteiger partial charge in [0.2, 0.25) is 0 Å². The molecule has 4 saturated carbocycles. The molecule has 4 aliphatic carbocycles. The summed E-state index contributed by atoms with van der Waals surface area (Å²) < 4.78 is 6.11. The summed E-state index contributed by atoms with van der Waals surface area (Å²) in [5, 5.41) is 21.1. The van der Waals surface area contributed by atoms with E-state index in [1.165, 1.54) is 116 Å². The zero-order valence-electron chi connectivity index (χ0n) is 32.5. The van der Waals surface area contributed by atoms with Gasteiger partial charge in [-0.3, -0.25) is 9.59 Å². The molecule has 0 saturated heterocycles. The highest BCUT2D eigenvalue weighted by Crippen LogP contribution is 2.68. The lowest BCUT2D eigenvalue weighted by Crippen LogP contribution is -2.59. The quantitative estimate of drug-likeness (QED) is 0.0825. The topological polar surface area (TPSA) is 83.8 Å². The summed E-state index contributed by atoms with van der Waals surface area (Å²) in [6, 6.07) is 0. The van der Waals surface area contributed by atoms with E-state index < -0.39 is 5.97 Å². The van der Waals surface area contributed by atoms with Gasteiger partial charge >= 0.3 is 11.9 Å². The Bertz CT molecular complexity index is 980. The van der Waals surface area contributed by atoms with Crippen molar-refractivity contribution in [3.8, 4) is 0 Å².